The molecule has 232 valence electrons. The summed E-state index contributed by atoms with van der Waals surface area (Å²) in [6.07, 6.45) is 7.47. The summed E-state index contributed by atoms with van der Waals surface area (Å²) in [4.78, 5) is 31.5. The molecule has 0 spiro atoms. The molecular weight excluding hydrogens is 576 g/mol. The molecule has 4 aromatic heterocycles. The fraction of sp³-hybridized carbons (Fsp3) is 0.229. The van der Waals surface area contributed by atoms with Crippen molar-refractivity contribution in [1.82, 2.24) is 38.7 Å². The monoisotopic (exact) mass is 613 g/mol. The lowest BCUT2D eigenvalue weighted by atomic mass is 10.1. The molecule has 1 fully saturated rings. The van der Waals surface area contributed by atoms with E-state index in [9.17, 15) is 4.79 Å². The van der Waals surface area contributed by atoms with Gasteiger partial charge in [0, 0.05) is 67.8 Å². The van der Waals surface area contributed by atoms with Crippen molar-refractivity contribution < 1.29 is 4.79 Å². The third kappa shape index (κ3) is 5.97. The number of likely N-dealkylation sites (N-methyl/N-ethyl adjacent to an activating group) is 1. The van der Waals surface area contributed by atoms with Crippen molar-refractivity contribution in [3.8, 4) is 22.6 Å². The van der Waals surface area contributed by atoms with Gasteiger partial charge in [-0.2, -0.15) is 0 Å². The van der Waals surface area contributed by atoms with Crippen LogP contribution in [-0.4, -0.2) is 67.5 Å². The van der Waals surface area contributed by atoms with E-state index in [1.54, 1.807) is 12.5 Å². The zero-order valence-corrected chi connectivity index (χ0v) is 26.0. The molecule has 0 aliphatic carbocycles. The van der Waals surface area contributed by atoms with Gasteiger partial charge in [0.25, 0.3) is 0 Å². The van der Waals surface area contributed by atoms with Gasteiger partial charge in [0.15, 0.2) is 0 Å². The summed E-state index contributed by atoms with van der Waals surface area (Å²) < 4.78 is 4.85. The first-order chi connectivity index (χ1) is 22.5. The molecule has 6 aromatic rings. The molecule has 2 aromatic carbocycles. The van der Waals surface area contributed by atoms with Gasteiger partial charge < -0.3 is 20.5 Å². The summed E-state index contributed by atoms with van der Waals surface area (Å²) in [6, 6.07) is 24.2. The zero-order chi connectivity index (χ0) is 31.5. The molecule has 1 saturated heterocycles. The highest BCUT2D eigenvalue weighted by Gasteiger charge is 2.30. The van der Waals surface area contributed by atoms with Crippen molar-refractivity contribution in [2.45, 2.75) is 13.3 Å². The number of amides is 1. The molecule has 3 N–H and O–H groups in total. The minimum absolute atomic E-state index is 0.134. The van der Waals surface area contributed by atoms with Crippen LogP contribution >= 0.6 is 0 Å². The summed E-state index contributed by atoms with van der Waals surface area (Å²) in [7, 11) is 1.88. The van der Waals surface area contributed by atoms with Crippen molar-refractivity contribution in [1.29, 1.82) is 0 Å². The van der Waals surface area contributed by atoms with E-state index in [0.717, 1.165) is 71.2 Å². The lowest BCUT2D eigenvalue weighted by molar-refractivity contribution is -0.115. The van der Waals surface area contributed by atoms with Crippen LogP contribution in [0.1, 0.15) is 12.6 Å². The number of imidazole rings is 2. The van der Waals surface area contributed by atoms with Crippen molar-refractivity contribution in [2.75, 3.05) is 43.4 Å². The van der Waals surface area contributed by atoms with E-state index in [4.69, 9.17) is 9.97 Å². The Morgan fingerprint density at radius 3 is 2.59 bits per heavy atom. The second kappa shape index (κ2) is 12.5. The molecule has 0 radical (unpaired) electrons. The maximum Gasteiger partial charge on any atom is 0.230 e. The van der Waals surface area contributed by atoms with Crippen LogP contribution in [0.4, 0.5) is 23.0 Å². The van der Waals surface area contributed by atoms with E-state index < -0.39 is 0 Å². The topological polar surface area (TPSA) is 114 Å². The number of anilines is 3. The molecule has 0 unspecified atom stereocenters. The average molecular weight is 614 g/mol. The van der Waals surface area contributed by atoms with Crippen molar-refractivity contribution in [2.24, 2.45) is 7.05 Å². The van der Waals surface area contributed by atoms with Crippen LogP contribution in [0.2, 0.25) is 0 Å². The number of benzene rings is 2. The summed E-state index contributed by atoms with van der Waals surface area (Å²) in [5.74, 6) is 0.365. The molecule has 1 aliphatic rings. The van der Waals surface area contributed by atoms with E-state index in [0.29, 0.717) is 17.3 Å². The number of fused-ring (bicyclic) bond motifs is 1. The molecule has 1 aliphatic heterocycles. The van der Waals surface area contributed by atoms with Gasteiger partial charge in [0.1, 0.15) is 11.3 Å². The number of nitrogens with zero attached hydrogens (tertiary/aromatic N) is 7. The number of nitrogens with one attached hydrogen (secondary N) is 3. The molecule has 1 amide bonds. The smallest absolute Gasteiger partial charge is 0.230 e. The first kappa shape index (κ1) is 29.3. The summed E-state index contributed by atoms with van der Waals surface area (Å²) >= 11 is 0. The van der Waals surface area contributed by atoms with Crippen LogP contribution in [-0.2, 0) is 18.3 Å². The number of quaternary nitrogens is 1. The minimum atomic E-state index is -0.134. The number of aryl methyl sites for hydroxylation is 1. The average Bonchev–Trinajstić information content (AvgIpc) is 3.68. The fourth-order valence-electron chi connectivity index (χ4n) is 6.23. The quantitative estimate of drug-likeness (QED) is 0.196. The van der Waals surface area contributed by atoms with Crippen molar-refractivity contribution in [3.05, 3.63) is 103 Å². The van der Waals surface area contributed by atoms with Crippen molar-refractivity contribution >= 4 is 34.6 Å². The molecule has 11 nitrogen and oxygen atoms in total. The SMILES string of the molecule is CC[N+]1(c2ccc(Nc3nccc(-c4c(-c5cccc(NC(=O)Cc6cn(C)cn6)c5)nc5ccccn45)n3)cc2)CCNCC1. The summed E-state index contributed by atoms with van der Waals surface area (Å²) in [6.45, 7) is 7.59. The Bertz CT molecular complexity index is 1990. The maximum atomic E-state index is 12.8. The Balaban J connectivity index is 1.17. The largest absolute Gasteiger partial charge is 0.340 e. The summed E-state index contributed by atoms with van der Waals surface area (Å²) in [5.41, 5.74) is 7.63. The highest BCUT2D eigenvalue weighted by molar-refractivity contribution is 5.93. The van der Waals surface area contributed by atoms with Crippen LogP contribution < -0.4 is 20.4 Å². The van der Waals surface area contributed by atoms with Gasteiger partial charge in [0.2, 0.25) is 11.9 Å². The molecule has 0 saturated carbocycles. The van der Waals surface area contributed by atoms with Gasteiger partial charge in [-0.05, 0) is 49.4 Å². The molecule has 5 heterocycles. The van der Waals surface area contributed by atoms with Crippen LogP contribution in [0.25, 0.3) is 28.3 Å². The Morgan fingerprint density at radius 1 is 0.957 bits per heavy atom. The van der Waals surface area contributed by atoms with Gasteiger partial charge in [-0.1, -0.05) is 18.2 Å². The van der Waals surface area contributed by atoms with Crippen molar-refractivity contribution in [3.63, 3.8) is 0 Å². The number of carbonyl (C=O) groups is 1. The lowest BCUT2D eigenvalue weighted by Crippen LogP contribution is -2.59. The van der Waals surface area contributed by atoms with Crippen LogP contribution in [0.5, 0.6) is 0 Å². The van der Waals surface area contributed by atoms with Gasteiger partial charge in [-0.15, -0.1) is 0 Å². The predicted molar refractivity (Wildman–Crippen MR) is 182 cm³/mol. The number of carbonyl (C=O) groups excluding carboxylic acids is 1. The molecule has 7 rings (SSSR count). The number of hydrogen-bond donors (Lipinski definition) is 3. The Labute approximate surface area is 267 Å². The predicted octanol–water partition coefficient (Wildman–Crippen LogP) is 5.05. The van der Waals surface area contributed by atoms with E-state index in [1.807, 2.05) is 76.9 Å². The minimum Gasteiger partial charge on any atom is -0.340 e. The number of pyridine rings is 1. The third-order valence-corrected chi connectivity index (χ3v) is 8.66. The first-order valence-corrected chi connectivity index (χ1v) is 15.6. The number of rotatable bonds is 9. The number of aromatic nitrogens is 6. The Kier molecular flexibility index (Phi) is 8.00. The summed E-state index contributed by atoms with van der Waals surface area (Å²) in [5, 5.41) is 9.89. The highest BCUT2D eigenvalue weighted by atomic mass is 16.1. The second-order valence-corrected chi connectivity index (χ2v) is 11.7. The molecule has 46 heavy (non-hydrogen) atoms. The van der Waals surface area contributed by atoms with Crippen LogP contribution in [0, 0.1) is 0 Å². The first-order valence-electron chi connectivity index (χ1n) is 15.6. The fourth-order valence-corrected chi connectivity index (χ4v) is 6.23. The van der Waals surface area contributed by atoms with E-state index in [1.165, 1.54) is 5.69 Å². The Morgan fingerprint density at radius 2 is 1.80 bits per heavy atom. The second-order valence-electron chi connectivity index (χ2n) is 11.7. The maximum absolute atomic E-state index is 12.8. The van der Waals surface area contributed by atoms with Gasteiger partial charge in [-0.3, -0.25) is 13.7 Å². The normalized spacial score (nSPS) is 14.3. The van der Waals surface area contributed by atoms with Crippen LogP contribution in [0.3, 0.4) is 0 Å². The van der Waals surface area contributed by atoms with E-state index in [-0.39, 0.29) is 12.3 Å². The number of piperazine rings is 1. The molecule has 0 bridgehead atoms. The molecule has 11 heteroatoms. The Hall–Kier alpha value is -5.39. The lowest BCUT2D eigenvalue weighted by Gasteiger charge is -2.40. The standard InChI is InChI=1S/C35H36N10O/c1-3-45(19-16-36-17-20-45)29-12-10-26(11-13-29)40-35-37-15-14-30(41-35)34-33(42-31-9-4-5-18-44(31)34)25-7-6-8-27(21-25)39-32(46)22-28-23-43(2)24-38-28/h4-15,18,21,23-24,36H,3,16-17,19-20,22H2,1-2H3,(H-,37,39,40,41,46)/p+1. The van der Waals surface area contributed by atoms with Crippen LogP contribution in [0.15, 0.2) is 97.7 Å². The van der Waals surface area contributed by atoms with Gasteiger partial charge in [0.05, 0.1) is 55.2 Å². The zero-order valence-electron chi connectivity index (χ0n) is 26.0. The van der Waals surface area contributed by atoms with E-state index in [2.05, 4.69) is 57.1 Å². The molecule has 0 atom stereocenters. The van der Waals surface area contributed by atoms with Gasteiger partial charge in [-0.25, -0.2) is 19.9 Å². The highest BCUT2D eigenvalue weighted by Crippen LogP contribution is 2.34. The van der Waals surface area contributed by atoms with E-state index >= 15 is 0 Å². The molecular formula is C35H37N10O+. The third-order valence-electron chi connectivity index (χ3n) is 8.66. The number of hydrogen-bond acceptors (Lipinski definition) is 7. The van der Waals surface area contributed by atoms with Gasteiger partial charge >= 0.3 is 0 Å².